The summed E-state index contributed by atoms with van der Waals surface area (Å²) in [6, 6.07) is 26.5. The third kappa shape index (κ3) is 7.79. The van der Waals surface area contributed by atoms with Crippen LogP contribution in [0, 0.1) is 5.41 Å². The topological polar surface area (TPSA) is 70.4 Å². The van der Waals surface area contributed by atoms with E-state index in [4.69, 9.17) is 16.6 Å². The summed E-state index contributed by atoms with van der Waals surface area (Å²) in [6.07, 6.45) is 7.14. The van der Waals surface area contributed by atoms with Crippen LogP contribution in [0.3, 0.4) is 0 Å². The molecule has 3 aromatic carbocycles. The normalized spacial score (nSPS) is 15.3. The zero-order valence-electron chi connectivity index (χ0n) is 23.5. The molecule has 0 radical (unpaired) electrons. The summed E-state index contributed by atoms with van der Waals surface area (Å²) in [5.41, 5.74) is 5.15. The van der Waals surface area contributed by atoms with Gasteiger partial charge in [0, 0.05) is 16.2 Å². The molecule has 5 rings (SSSR count). The molecule has 0 amide bonds. The highest BCUT2D eigenvalue weighted by Crippen LogP contribution is 2.51. The molecule has 1 aliphatic carbocycles. The number of thioether (sulfide) groups is 1. The van der Waals surface area contributed by atoms with E-state index in [1.165, 1.54) is 5.56 Å². The van der Waals surface area contributed by atoms with Crippen LogP contribution in [0.15, 0.2) is 78.9 Å². The molecule has 0 spiro atoms. The minimum atomic E-state index is -0.935. The van der Waals surface area contributed by atoms with Crippen LogP contribution < -0.4 is 0 Å². The number of pyridine rings is 1. The van der Waals surface area contributed by atoms with Crippen LogP contribution in [0.1, 0.15) is 67.0 Å². The quantitative estimate of drug-likeness (QED) is 0.174. The first-order valence-corrected chi connectivity index (χ1v) is 15.6. The zero-order valence-corrected chi connectivity index (χ0v) is 25.1. The Kier molecular flexibility index (Phi) is 8.88. The van der Waals surface area contributed by atoms with Gasteiger partial charge in [0.2, 0.25) is 0 Å². The molecule has 0 saturated heterocycles. The molecule has 41 heavy (non-hydrogen) atoms. The molecule has 4 nitrogen and oxygen atoms in total. The van der Waals surface area contributed by atoms with Gasteiger partial charge in [0.1, 0.15) is 0 Å². The fourth-order valence-corrected chi connectivity index (χ4v) is 7.12. The number of nitrogens with zero attached hydrogens (tertiary/aromatic N) is 1. The van der Waals surface area contributed by atoms with Crippen molar-refractivity contribution in [3.63, 3.8) is 0 Å². The van der Waals surface area contributed by atoms with E-state index in [1.807, 2.05) is 74.1 Å². The lowest BCUT2D eigenvalue weighted by Gasteiger charge is -2.25. The highest BCUT2D eigenvalue weighted by molar-refractivity contribution is 7.99. The van der Waals surface area contributed by atoms with Crippen molar-refractivity contribution in [1.82, 2.24) is 4.98 Å². The van der Waals surface area contributed by atoms with Gasteiger partial charge < -0.3 is 10.2 Å². The lowest BCUT2D eigenvalue weighted by Crippen LogP contribution is -2.19. The molecule has 1 heterocycles. The number of hydrogen-bond acceptors (Lipinski definition) is 4. The van der Waals surface area contributed by atoms with Gasteiger partial charge in [0.05, 0.1) is 23.2 Å². The monoisotopic (exact) mass is 585 g/mol. The SMILES string of the molecule is CC(C)(O)c1ccccc1C[C@@H](CSCC1(CC(=O)O)CC1)c1cccc(C=Cc2ccc3ccc(Cl)cc3n2)c1. The first kappa shape index (κ1) is 29.4. The Balaban J connectivity index is 1.38. The molecule has 0 bridgehead atoms. The van der Waals surface area contributed by atoms with Crippen molar-refractivity contribution in [2.75, 3.05) is 11.5 Å². The molecular formula is C35H36ClNO3S. The molecule has 2 N–H and O–H groups in total. The number of hydrogen-bond donors (Lipinski definition) is 2. The van der Waals surface area contributed by atoms with E-state index < -0.39 is 11.6 Å². The van der Waals surface area contributed by atoms with Gasteiger partial charge in [-0.2, -0.15) is 11.8 Å². The molecule has 1 aliphatic rings. The zero-order chi connectivity index (χ0) is 29.0. The second-order valence-corrected chi connectivity index (χ2v) is 13.2. The van der Waals surface area contributed by atoms with Crippen LogP contribution in [0.25, 0.3) is 23.1 Å². The lowest BCUT2D eigenvalue weighted by atomic mass is 9.86. The maximum absolute atomic E-state index is 11.4. The second kappa shape index (κ2) is 12.4. The molecule has 1 aromatic heterocycles. The number of benzene rings is 3. The number of carbonyl (C=O) groups is 1. The maximum Gasteiger partial charge on any atom is 0.303 e. The molecule has 0 aliphatic heterocycles. The van der Waals surface area contributed by atoms with E-state index in [9.17, 15) is 15.0 Å². The van der Waals surface area contributed by atoms with Crippen LogP contribution in [-0.2, 0) is 16.8 Å². The molecular weight excluding hydrogens is 550 g/mol. The fraction of sp³-hybridized carbons (Fsp3) is 0.314. The largest absolute Gasteiger partial charge is 0.481 e. The third-order valence-electron chi connectivity index (χ3n) is 7.86. The van der Waals surface area contributed by atoms with Crippen molar-refractivity contribution in [3.05, 3.63) is 112 Å². The van der Waals surface area contributed by atoms with Gasteiger partial charge in [-0.3, -0.25) is 4.79 Å². The molecule has 1 fully saturated rings. The Morgan fingerprint density at radius 3 is 2.59 bits per heavy atom. The van der Waals surface area contributed by atoms with Crippen molar-refractivity contribution in [3.8, 4) is 0 Å². The van der Waals surface area contributed by atoms with Crippen LogP contribution in [-0.4, -0.2) is 32.7 Å². The average Bonchev–Trinajstić information content (AvgIpc) is 3.69. The number of aromatic nitrogens is 1. The standard InChI is InChI=1S/C35H36ClNO3S/c1-34(2,40)31-9-4-3-7-27(31)19-28(22-41-23-35(16-17-35)21-33(38)39)26-8-5-6-24(18-26)10-14-30-15-12-25-11-13-29(36)20-32(25)37-30/h3-15,18,20,28,40H,16-17,19,21-23H2,1-2H3,(H,38,39)/t28-/m0/s1. The van der Waals surface area contributed by atoms with Gasteiger partial charge in [-0.1, -0.05) is 78.3 Å². The lowest BCUT2D eigenvalue weighted by molar-refractivity contribution is -0.138. The van der Waals surface area contributed by atoms with Gasteiger partial charge >= 0.3 is 5.97 Å². The maximum atomic E-state index is 11.4. The Morgan fingerprint density at radius 2 is 1.83 bits per heavy atom. The number of aliphatic carboxylic acids is 1. The van der Waals surface area contributed by atoms with Crippen molar-refractivity contribution in [2.24, 2.45) is 5.41 Å². The number of carboxylic acids is 1. The smallest absolute Gasteiger partial charge is 0.303 e. The summed E-state index contributed by atoms with van der Waals surface area (Å²) in [6.45, 7) is 3.66. The van der Waals surface area contributed by atoms with E-state index in [-0.39, 0.29) is 17.8 Å². The summed E-state index contributed by atoms with van der Waals surface area (Å²) in [4.78, 5) is 16.1. The summed E-state index contributed by atoms with van der Waals surface area (Å²) in [5, 5.41) is 21.9. The highest BCUT2D eigenvalue weighted by Gasteiger charge is 2.44. The van der Waals surface area contributed by atoms with E-state index >= 15 is 0 Å². The molecule has 6 heteroatoms. The third-order valence-corrected chi connectivity index (χ3v) is 9.55. The van der Waals surface area contributed by atoms with Crippen molar-refractivity contribution < 1.29 is 15.0 Å². The number of halogens is 1. The summed E-state index contributed by atoms with van der Waals surface area (Å²) in [5.74, 6) is 1.24. The number of aliphatic hydroxyl groups is 1. The van der Waals surface area contributed by atoms with Gasteiger partial charge in [0.25, 0.3) is 0 Å². The average molecular weight is 586 g/mol. The van der Waals surface area contributed by atoms with Crippen LogP contribution in [0.2, 0.25) is 5.02 Å². The van der Waals surface area contributed by atoms with E-state index in [0.29, 0.717) is 5.02 Å². The van der Waals surface area contributed by atoms with Gasteiger partial charge in [-0.05, 0) is 96.7 Å². The minimum absolute atomic E-state index is 0.0479. The Hall–Kier alpha value is -3.12. The van der Waals surface area contributed by atoms with Crippen LogP contribution >= 0.6 is 23.4 Å². The van der Waals surface area contributed by atoms with Gasteiger partial charge in [0.15, 0.2) is 0 Å². The van der Waals surface area contributed by atoms with Crippen molar-refractivity contribution >= 4 is 52.4 Å². The predicted molar refractivity (Wildman–Crippen MR) is 171 cm³/mol. The molecule has 1 saturated carbocycles. The van der Waals surface area contributed by atoms with Crippen molar-refractivity contribution in [2.45, 2.75) is 51.0 Å². The second-order valence-electron chi connectivity index (χ2n) is 11.8. The molecule has 1 atom stereocenters. The Morgan fingerprint density at radius 1 is 1.05 bits per heavy atom. The van der Waals surface area contributed by atoms with E-state index in [2.05, 4.69) is 42.5 Å². The molecule has 212 valence electrons. The van der Waals surface area contributed by atoms with Crippen molar-refractivity contribution in [1.29, 1.82) is 0 Å². The minimum Gasteiger partial charge on any atom is -0.481 e. The number of carboxylic acid groups (broad SMARTS) is 1. The van der Waals surface area contributed by atoms with Crippen LogP contribution in [0.5, 0.6) is 0 Å². The van der Waals surface area contributed by atoms with Gasteiger partial charge in [-0.15, -0.1) is 0 Å². The number of fused-ring (bicyclic) bond motifs is 1. The number of rotatable bonds is 12. The fourth-order valence-electron chi connectivity index (χ4n) is 5.42. The summed E-state index contributed by atoms with van der Waals surface area (Å²) >= 11 is 8.02. The predicted octanol–water partition coefficient (Wildman–Crippen LogP) is 8.60. The summed E-state index contributed by atoms with van der Waals surface area (Å²) in [7, 11) is 0. The highest BCUT2D eigenvalue weighted by atomic mass is 35.5. The van der Waals surface area contributed by atoms with Crippen LogP contribution in [0.4, 0.5) is 0 Å². The molecule has 4 aromatic rings. The Bertz CT molecular complexity index is 1570. The van der Waals surface area contributed by atoms with E-state index in [1.54, 1.807) is 0 Å². The van der Waals surface area contributed by atoms with E-state index in [0.717, 1.165) is 64.1 Å². The molecule has 0 unspecified atom stereocenters. The first-order valence-electron chi connectivity index (χ1n) is 14.0. The Labute approximate surface area is 251 Å². The first-order chi connectivity index (χ1) is 19.6. The van der Waals surface area contributed by atoms with Gasteiger partial charge in [-0.25, -0.2) is 4.98 Å². The summed E-state index contributed by atoms with van der Waals surface area (Å²) < 4.78 is 0.